The molecule has 1 aromatic rings. The van der Waals surface area contributed by atoms with Crippen molar-refractivity contribution in [2.45, 2.75) is 39.8 Å². The van der Waals surface area contributed by atoms with Crippen LogP contribution in [0.25, 0.3) is 0 Å². The summed E-state index contributed by atoms with van der Waals surface area (Å²) in [6.07, 6.45) is 0. The van der Waals surface area contributed by atoms with Crippen LogP contribution in [0.5, 0.6) is 0 Å². The van der Waals surface area contributed by atoms with Crippen LogP contribution in [0.3, 0.4) is 0 Å². The molecule has 2 heteroatoms. The van der Waals surface area contributed by atoms with Crippen LogP contribution in [-0.4, -0.2) is 12.1 Å². The first-order valence-corrected chi connectivity index (χ1v) is 5.62. The highest BCUT2D eigenvalue weighted by molar-refractivity contribution is 5.79. The molecular formula is C13H19N2. The molecule has 15 heavy (non-hydrogen) atoms. The Balaban J connectivity index is 2.39. The molecule has 1 heterocycles. The molecule has 81 valence electrons. The van der Waals surface area contributed by atoms with Crippen LogP contribution < -0.4 is 9.80 Å². The van der Waals surface area contributed by atoms with Gasteiger partial charge >= 0.3 is 0 Å². The number of benzene rings is 1. The van der Waals surface area contributed by atoms with Crippen molar-refractivity contribution in [1.82, 2.24) is 0 Å². The van der Waals surface area contributed by atoms with Gasteiger partial charge in [-0.25, -0.2) is 0 Å². The fourth-order valence-corrected chi connectivity index (χ4v) is 1.98. The average Bonchev–Trinajstić information content (AvgIpc) is 2.56. The van der Waals surface area contributed by atoms with Gasteiger partial charge < -0.3 is 9.80 Å². The van der Waals surface area contributed by atoms with E-state index in [1.165, 1.54) is 11.4 Å². The largest absolute Gasteiger partial charge is 0.344 e. The first-order valence-electron chi connectivity index (χ1n) is 5.62. The zero-order valence-electron chi connectivity index (χ0n) is 9.94. The Morgan fingerprint density at radius 2 is 1.20 bits per heavy atom. The van der Waals surface area contributed by atoms with Crippen molar-refractivity contribution in [1.29, 1.82) is 0 Å². The number of fused-ring (bicyclic) bond motifs is 1. The summed E-state index contributed by atoms with van der Waals surface area (Å²) in [7, 11) is 0. The standard InChI is InChI=1S/C13H19N2/c1-10(2)14-9-15(11(3)4)13-8-6-5-7-12(13)14/h5-11H,1-4H3. The zero-order chi connectivity index (χ0) is 11.0. The molecule has 0 fully saturated rings. The minimum absolute atomic E-state index is 0.509. The topological polar surface area (TPSA) is 6.48 Å². The van der Waals surface area contributed by atoms with Gasteiger partial charge in [-0.2, -0.15) is 0 Å². The highest BCUT2D eigenvalue weighted by Crippen LogP contribution is 2.39. The molecule has 0 amide bonds. The van der Waals surface area contributed by atoms with E-state index < -0.39 is 0 Å². The lowest BCUT2D eigenvalue weighted by Crippen LogP contribution is -2.33. The maximum Gasteiger partial charge on any atom is 0.142 e. The number of rotatable bonds is 2. The van der Waals surface area contributed by atoms with E-state index in [0.29, 0.717) is 12.1 Å². The van der Waals surface area contributed by atoms with Gasteiger partial charge in [-0.05, 0) is 39.8 Å². The second kappa shape index (κ2) is 3.76. The van der Waals surface area contributed by atoms with Crippen LogP contribution in [0.1, 0.15) is 27.7 Å². The molecule has 2 nitrogen and oxygen atoms in total. The Bertz CT molecular complexity index is 311. The molecule has 1 aromatic carbocycles. The molecule has 0 aliphatic carbocycles. The van der Waals surface area contributed by atoms with Crippen molar-refractivity contribution in [3.05, 3.63) is 30.9 Å². The molecule has 0 aromatic heterocycles. The first-order chi connectivity index (χ1) is 7.11. The van der Waals surface area contributed by atoms with E-state index in [2.05, 4.69) is 68.4 Å². The van der Waals surface area contributed by atoms with E-state index in [4.69, 9.17) is 0 Å². The van der Waals surface area contributed by atoms with Crippen molar-refractivity contribution in [3.8, 4) is 0 Å². The third kappa shape index (κ3) is 1.69. The summed E-state index contributed by atoms with van der Waals surface area (Å²) in [6, 6.07) is 9.60. The van der Waals surface area contributed by atoms with Gasteiger partial charge in [0.25, 0.3) is 0 Å². The van der Waals surface area contributed by atoms with Gasteiger partial charge in [0.1, 0.15) is 6.67 Å². The van der Waals surface area contributed by atoms with Crippen LogP contribution >= 0.6 is 0 Å². The maximum atomic E-state index is 2.33. The zero-order valence-corrected chi connectivity index (χ0v) is 9.94. The van der Waals surface area contributed by atoms with Crippen LogP contribution in [0.4, 0.5) is 11.4 Å². The van der Waals surface area contributed by atoms with Gasteiger partial charge in [-0.3, -0.25) is 0 Å². The molecule has 0 saturated carbocycles. The fourth-order valence-electron chi connectivity index (χ4n) is 1.98. The van der Waals surface area contributed by atoms with Crippen LogP contribution in [0.15, 0.2) is 24.3 Å². The van der Waals surface area contributed by atoms with E-state index in [9.17, 15) is 0 Å². The Hall–Kier alpha value is -1.18. The molecule has 0 saturated heterocycles. The normalized spacial score (nSPS) is 15.3. The maximum absolute atomic E-state index is 2.33. The Labute approximate surface area is 92.5 Å². The SMILES string of the molecule is CC(C)N1[CH]N(C(C)C)c2ccccc21. The minimum Gasteiger partial charge on any atom is -0.344 e. The van der Waals surface area contributed by atoms with Gasteiger partial charge in [-0.15, -0.1) is 0 Å². The first kappa shape index (κ1) is 10.3. The Morgan fingerprint density at radius 1 is 0.800 bits per heavy atom. The molecule has 0 bridgehead atoms. The summed E-state index contributed by atoms with van der Waals surface area (Å²) in [5.74, 6) is 0. The molecule has 2 rings (SSSR count). The number of hydrogen-bond donors (Lipinski definition) is 0. The summed E-state index contributed by atoms with van der Waals surface area (Å²) >= 11 is 0. The Kier molecular flexibility index (Phi) is 2.59. The molecule has 0 atom stereocenters. The second-order valence-corrected chi connectivity index (χ2v) is 4.61. The van der Waals surface area contributed by atoms with Crippen LogP contribution in [0, 0.1) is 6.67 Å². The minimum atomic E-state index is 0.509. The number of anilines is 2. The van der Waals surface area contributed by atoms with E-state index in [1.54, 1.807) is 0 Å². The summed E-state index contributed by atoms with van der Waals surface area (Å²) in [4.78, 5) is 4.66. The number of para-hydroxylation sites is 2. The highest BCUT2D eigenvalue weighted by atomic mass is 15.4. The van der Waals surface area contributed by atoms with Gasteiger partial charge in [0, 0.05) is 12.1 Å². The molecule has 0 N–H and O–H groups in total. The number of nitrogens with zero attached hydrogens (tertiary/aromatic N) is 2. The molecule has 1 radical (unpaired) electrons. The van der Waals surface area contributed by atoms with E-state index in [-0.39, 0.29) is 0 Å². The van der Waals surface area contributed by atoms with E-state index >= 15 is 0 Å². The lowest BCUT2D eigenvalue weighted by atomic mass is 10.2. The summed E-state index contributed by atoms with van der Waals surface area (Å²) in [6.45, 7) is 11.1. The third-order valence-electron chi connectivity index (χ3n) is 2.80. The lowest BCUT2D eigenvalue weighted by molar-refractivity contribution is 0.699. The number of hydrogen-bond acceptors (Lipinski definition) is 2. The predicted octanol–water partition coefficient (Wildman–Crippen LogP) is 3.25. The van der Waals surface area contributed by atoms with Crippen molar-refractivity contribution in [2.75, 3.05) is 9.80 Å². The molecular weight excluding hydrogens is 184 g/mol. The van der Waals surface area contributed by atoms with Crippen LogP contribution in [-0.2, 0) is 0 Å². The molecule has 0 spiro atoms. The van der Waals surface area contributed by atoms with E-state index in [1.807, 2.05) is 0 Å². The van der Waals surface area contributed by atoms with Gasteiger partial charge in [0.15, 0.2) is 0 Å². The van der Waals surface area contributed by atoms with Crippen molar-refractivity contribution in [2.24, 2.45) is 0 Å². The Morgan fingerprint density at radius 3 is 1.53 bits per heavy atom. The van der Waals surface area contributed by atoms with Crippen LogP contribution in [0.2, 0.25) is 0 Å². The van der Waals surface area contributed by atoms with Gasteiger partial charge in [-0.1, -0.05) is 12.1 Å². The highest BCUT2D eigenvalue weighted by Gasteiger charge is 2.28. The summed E-state index contributed by atoms with van der Waals surface area (Å²) in [5, 5.41) is 0. The van der Waals surface area contributed by atoms with Gasteiger partial charge in [0.05, 0.1) is 11.4 Å². The fraction of sp³-hybridized carbons (Fsp3) is 0.462. The smallest absolute Gasteiger partial charge is 0.142 e. The summed E-state index contributed by atoms with van der Waals surface area (Å²) in [5.41, 5.74) is 2.64. The van der Waals surface area contributed by atoms with Crippen molar-refractivity contribution in [3.63, 3.8) is 0 Å². The molecule has 1 aliphatic rings. The monoisotopic (exact) mass is 203 g/mol. The summed E-state index contributed by atoms with van der Waals surface area (Å²) < 4.78 is 0. The van der Waals surface area contributed by atoms with Crippen molar-refractivity contribution < 1.29 is 0 Å². The molecule has 1 aliphatic heterocycles. The van der Waals surface area contributed by atoms with Crippen molar-refractivity contribution >= 4 is 11.4 Å². The average molecular weight is 203 g/mol. The van der Waals surface area contributed by atoms with Gasteiger partial charge in [0.2, 0.25) is 0 Å². The lowest BCUT2D eigenvalue weighted by Gasteiger charge is -2.26. The van der Waals surface area contributed by atoms with E-state index in [0.717, 1.165) is 0 Å². The second-order valence-electron chi connectivity index (χ2n) is 4.61. The third-order valence-corrected chi connectivity index (χ3v) is 2.80. The predicted molar refractivity (Wildman–Crippen MR) is 66.0 cm³/mol. The quantitative estimate of drug-likeness (QED) is 0.728. The molecule has 0 unspecified atom stereocenters.